The Morgan fingerprint density at radius 3 is 2.54 bits per heavy atom. The van der Waals surface area contributed by atoms with Gasteiger partial charge >= 0.3 is 0 Å². The minimum atomic E-state index is -0.0710. The lowest BCUT2D eigenvalue weighted by Crippen LogP contribution is -2.22. The van der Waals surface area contributed by atoms with Gasteiger partial charge in [0.1, 0.15) is 16.7 Å². The summed E-state index contributed by atoms with van der Waals surface area (Å²) in [5.74, 6) is 0.679. The number of aryl methyl sites for hydroxylation is 1. The number of rotatable bonds is 4. The van der Waals surface area contributed by atoms with Crippen molar-refractivity contribution in [1.29, 1.82) is 0 Å². The largest absolute Gasteiger partial charge is 0.488 e. The summed E-state index contributed by atoms with van der Waals surface area (Å²) in [4.78, 5) is 14.3. The smallest absolute Gasteiger partial charge is 0.265 e. The second kappa shape index (κ2) is 7.20. The fraction of sp³-hybridized carbons (Fsp3) is 0.158. The Hall–Kier alpha value is -2.11. The summed E-state index contributed by atoms with van der Waals surface area (Å²) in [6.45, 7) is 2.55. The van der Waals surface area contributed by atoms with Gasteiger partial charge in [0.05, 0.1) is 4.91 Å². The maximum atomic E-state index is 12.2. The average Bonchev–Trinajstić information content (AvgIpc) is 2.82. The van der Waals surface area contributed by atoms with Crippen LogP contribution in [0.3, 0.4) is 0 Å². The number of carbonyl (C=O) groups excluding carboxylic acids is 1. The van der Waals surface area contributed by atoms with Crippen LogP contribution in [0.5, 0.6) is 5.75 Å². The van der Waals surface area contributed by atoms with Crippen molar-refractivity contribution < 1.29 is 9.53 Å². The SMILES string of the molecule is Cc1ccc(COc2ccccc2C=C2SC(=S)N(C)C2=O)cc1. The first-order chi connectivity index (χ1) is 11.5. The number of carbonyl (C=O) groups is 1. The Morgan fingerprint density at radius 2 is 1.88 bits per heavy atom. The lowest BCUT2D eigenvalue weighted by Gasteiger charge is -2.10. The number of benzene rings is 2. The first kappa shape index (κ1) is 16.7. The summed E-state index contributed by atoms with van der Waals surface area (Å²) in [5, 5.41) is 0. The molecule has 1 aliphatic heterocycles. The molecular formula is C19H17NO2S2. The second-order valence-corrected chi connectivity index (χ2v) is 7.23. The van der Waals surface area contributed by atoms with E-state index in [4.69, 9.17) is 17.0 Å². The highest BCUT2D eigenvalue weighted by molar-refractivity contribution is 8.26. The zero-order valence-corrected chi connectivity index (χ0v) is 15.1. The molecule has 5 heteroatoms. The van der Waals surface area contributed by atoms with Gasteiger partial charge in [0.25, 0.3) is 5.91 Å². The Morgan fingerprint density at radius 1 is 1.17 bits per heavy atom. The van der Waals surface area contributed by atoms with Gasteiger partial charge in [-0.1, -0.05) is 72.0 Å². The van der Waals surface area contributed by atoms with Gasteiger partial charge in [-0.15, -0.1) is 0 Å². The Labute approximate surface area is 151 Å². The van der Waals surface area contributed by atoms with Gasteiger partial charge < -0.3 is 4.74 Å². The maximum Gasteiger partial charge on any atom is 0.265 e. The number of ether oxygens (including phenoxy) is 1. The minimum absolute atomic E-state index is 0.0710. The molecule has 1 aliphatic rings. The van der Waals surface area contributed by atoms with E-state index in [1.807, 2.05) is 30.3 Å². The molecule has 24 heavy (non-hydrogen) atoms. The molecule has 0 aromatic heterocycles. The topological polar surface area (TPSA) is 29.5 Å². The molecule has 0 bridgehead atoms. The molecule has 0 aliphatic carbocycles. The number of thiocarbonyl (C=S) groups is 1. The van der Waals surface area contributed by atoms with Crippen LogP contribution in [0.1, 0.15) is 16.7 Å². The van der Waals surface area contributed by atoms with Crippen molar-refractivity contribution in [2.24, 2.45) is 0 Å². The summed E-state index contributed by atoms with van der Waals surface area (Å²) in [6.07, 6.45) is 1.84. The highest BCUT2D eigenvalue weighted by Gasteiger charge is 2.28. The number of hydrogen-bond acceptors (Lipinski definition) is 4. The normalized spacial score (nSPS) is 16.1. The molecule has 1 fully saturated rings. The Bertz CT molecular complexity index is 812. The molecule has 0 spiro atoms. The summed E-state index contributed by atoms with van der Waals surface area (Å²) in [5.41, 5.74) is 3.20. The lowest BCUT2D eigenvalue weighted by atomic mass is 10.1. The molecule has 0 N–H and O–H groups in total. The van der Waals surface area contributed by atoms with Crippen LogP contribution in [-0.2, 0) is 11.4 Å². The van der Waals surface area contributed by atoms with Gasteiger partial charge in [-0.2, -0.15) is 0 Å². The zero-order valence-electron chi connectivity index (χ0n) is 13.5. The number of likely N-dealkylation sites (N-methyl/N-ethyl adjacent to an activating group) is 1. The number of hydrogen-bond donors (Lipinski definition) is 0. The van der Waals surface area contributed by atoms with Crippen LogP contribution in [0.2, 0.25) is 0 Å². The molecule has 3 nitrogen and oxygen atoms in total. The molecule has 122 valence electrons. The van der Waals surface area contributed by atoms with Crippen molar-refractivity contribution in [1.82, 2.24) is 4.90 Å². The van der Waals surface area contributed by atoms with Crippen molar-refractivity contribution >= 4 is 40.3 Å². The highest BCUT2D eigenvalue weighted by Crippen LogP contribution is 2.33. The van der Waals surface area contributed by atoms with Gasteiger partial charge in [-0.25, -0.2) is 0 Å². The molecule has 3 rings (SSSR count). The molecule has 0 unspecified atom stereocenters. The third-order valence-electron chi connectivity index (χ3n) is 3.71. The van der Waals surface area contributed by atoms with E-state index in [0.717, 1.165) is 16.9 Å². The molecule has 0 saturated carbocycles. The molecule has 2 aromatic rings. The minimum Gasteiger partial charge on any atom is -0.488 e. The number of nitrogens with zero attached hydrogens (tertiary/aromatic N) is 1. The fourth-order valence-corrected chi connectivity index (χ4v) is 3.43. The Balaban J connectivity index is 1.79. The van der Waals surface area contributed by atoms with Crippen LogP contribution in [0.4, 0.5) is 0 Å². The number of para-hydroxylation sites is 1. The molecule has 0 radical (unpaired) electrons. The van der Waals surface area contributed by atoms with Crippen molar-refractivity contribution in [3.05, 3.63) is 70.1 Å². The van der Waals surface area contributed by atoms with Crippen molar-refractivity contribution in [2.75, 3.05) is 7.05 Å². The quantitative estimate of drug-likeness (QED) is 0.600. The molecule has 2 aromatic carbocycles. The van der Waals surface area contributed by atoms with Crippen LogP contribution in [0.25, 0.3) is 6.08 Å². The van der Waals surface area contributed by atoms with Crippen LogP contribution in [-0.4, -0.2) is 22.2 Å². The van der Waals surface area contributed by atoms with E-state index in [1.165, 1.54) is 22.2 Å². The van der Waals surface area contributed by atoms with Crippen LogP contribution < -0.4 is 4.74 Å². The van der Waals surface area contributed by atoms with Gasteiger partial charge in [-0.3, -0.25) is 9.69 Å². The van der Waals surface area contributed by atoms with E-state index in [9.17, 15) is 4.79 Å². The molecule has 1 heterocycles. The van der Waals surface area contributed by atoms with E-state index >= 15 is 0 Å². The summed E-state index contributed by atoms with van der Waals surface area (Å²) >= 11 is 6.48. The van der Waals surface area contributed by atoms with Crippen molar-refractivity contribution in [2.45, 2.75) is 13.5 Å². The van der Waals surface area contributed by atoms with E-state index in [0.29, 0.717) is 15.8 Å². The number of thioether (sulfide) groups is 1. The third kappa shape index (κ3) is 3.68. The highest BCUT2D eigenvalue weighted by atomic mass is 32.2. The van der Waals surface area contributed by atoms with Gasteiger partial charge in [-0.05, 0) is 24.6 Å². The van der Waals surface area contributed by atoms with Crippen LogP contribution in [0.15, 0.2) is 53.4 Å². The van der Waals surface area contributed by atoms with E-state index in [2.05, 4.69) is 31.2 Å². The van der Waals surface area contributed by atoms with E-state index in [-0.39, 0.29) is 5.91 Å². The fourth-order valence-electron chi connectivity index (χ4n) is 2.26. The molecule has 1 saturated heterocycles. The summed E-state index contributed by atoms with van der Waals surface area (Å²) < 4.78 is 6.52. The third-order valence-corrected chi connectivity index (χ3v) is 5.19. The monoisotopic (exact) mass is 355 g/mol. The summed E-state index contributed by atoms with van der Waals surface area (Å²) in [6, 6.07) is 15.9. The van der Waals surface area contributed by atoms with Crippen LogP contribution in [0, 0.1) is 6.92 Å². The second-order valence-electron chi connectivity index (χ2n) is 5.55. The predicted octanol–water partition coefficient (Wildman–Crippen LogP) is 4.41. The van der Waals surface area contributed by atoms with E-state index in [1.54, 1.807) is 7.05 Å². The standard InChI is InChI=1S/C19H17NO2S2/c1-13-7-9-14(10-8-13)12-22-16-6-4-3-5-15(16)11-17-18(21)20(2)19(23)24-17/h3-11H,12H2,1-2H3. The zero-order chi connectivity index (χ0) is 17.1. The first-order valence-corrected chi connectivity index (χ1v) is 8.76. The van der Waals surface area contributed by atoms with Gasteiger partial charge in [0, 0.05) is 12.6 Å². The molecular weight excluding hydrogens is 338 g/mol. The number of amides is 1. The van der Waals surface area contributed by atoms with Crippen molar-refractivity contribution in [3.8, 4) is 5.75 Å². The van der Waals surface area contributed by atoms with Gasteiger partial charge in [0.2, 0.25) is 0 Å². The Kier molecular flexibility index (Phi) is 5.02. The van der Waals surface area contributed by atoms with Gasteiger partial charge in [0.15, 0.2) is 0 Å². The first-order valence-electron chi connectivity index (χ1n) is 7.53. The lowest BCUT2D eigenvalue weighted by molar-refractivity contribution is -0.121. The maximum absolute atomic E-state index is 12.2. The van der Waals surface area contributed by atoms with Crippen LogP contribution >= 0.6 is 24.0 Å². The molecule has 0 atom stereocenters. The van der Waals surface area contributed by atoms with Crippen molar-refractivity contribution in [3.63, 3.8) is 0 Å². The van der Waals surface area contributed by atoms with E-state index < -0.39 is 0 Å². The average molecular weight is 355 g/mol. The summed E-state index contributed by atoms with van der Waals surface area (Å²) in [7, 11) is 1.69. The predicted molar refractivity (Wildman–Crippen MR) is 103 cm³/mol. The molecule has 1 amide bonds.